The summed E-state index contributed by atoms with van der Waals surface area (Å²) in [5.41, 5.74) is 1.42. The maximum absolute atomic E-state index is 3.36. The highest BCUT2D eigenvalue weighted by Crippen LogP contribution is 2.20. The van der Waals surface area contributed by atoms with Crippen LogP contribution in [0.15, 0.2) is 54.6 Å². The molecule has 0 heterocycles. The van der Waals surface area contributed by atoms with Gasteiger partial charge in [0.1, 0.15) is 0 Å². The highest BCUT2D eigenvalue weighted by molar-refractivity contribution is 5.85. The summed E-state index contributed by atoms with van der Waals surface area (Å²) in [7, 11) is 2.00. The molecule has 0 radical (unpaired) electrons. The van der Waals surface area contributed by atoms with Crippen LogP contribution in [-0.2, 0) is 6.42 Å². The molecule has 0 bridgehead atoms. The molecule has 0 spiro atoms. The van der Waals surface area contributed by atoms with Crippen molar-refractivity contribution in [2.75, 3.05) is 7.05 Å². The zero-order valence-electron chi connectivity index (χ0n) is 14.0. The second-order valence-corrected chi connectivity index (χ2v) is 6.62. The van der Waals surface area contributed by atoms with Gasteiger partial charge in [-0.05, 0) is 56.7 Å². The Morgan fingerprint density at radius 2 is 1.82 bits per heavy atom. The van der Waals surface area contributed by atoms with E-state index in [1.54, 1.807) is 0 Å². The van der Waals surface area contributed by atoms with Crippen LogP contribution in [0.4, 0.5) is 0 Å². The molecule has 2 aromatic rings. The van der Waals surface area contributed by atoms with Crippen molar-refractivity contribution in [1.29, 1.82) is 0 Å². The topological polar surface area (TPSA) is 12.0 Å². The van der Waals surface area contributed by atoms with Crippen LogP contribution in [0, 0.1) is 17.3 Å². The third kappa shape index (κ3) is 4.76. The van der Waals surface area contributed by atoms with Gasteiger partial charge in [-0.3, -0.25) is 0 Å². The average Bonchev–Trinajstić information content (AvgIpc) is 2.49. The van der Waals surface area contributed by atoms with Crippen LogP contribution in [0.3, 0.4) is 0 Å². The Kier molecular flexibility index (Phi) is 5.41. The van der Waals surface area contributed by atoms with Crippen LogP contribution >= 0.6 is 0 Å². The van der Waals surface area contributed by atoms with E-state index in [1.165, 1.54) is 16.3 Å². The minimum absolute atomic E-state index is 0.0507. The number of allylic oxidation sites excluding steroid dienone is 1. The molecule has 0 aliphatic carbocycles. The second-order valence-electron chi connectivity index (χ2n) is 6.62. The lowest BCUT2D eigenvalue weighted by atomic mass is 9.97. The number of fused-ring (bicyclic) bond motifs is 1. The van der Waals surface area contributed by atoms with Gasteiger partial charge in [0, 0.05) is 11.5 Å². The summed E-state index contributed by atoms with van der Waals surface area (Å²) < 4.78 is 0. The van der Waals surface area contributed by atoms with Crippen molar-refractivity contribution in [3.8, 4) is 11.8 Å². The summed E-state index contributed by atoms with van der Waals surface area (Å²) >= 11 is 0. The van der Waals surface area contributed by atoms with Gasteiger partial charge in [0.2, 0.25) is 0 Å². The van der Waals surface area contributed by atoms with Crippen LogP contribution in [0.2, 0.25) is 0 Å². The van der Waals surface area contributed by atoms with Crippen molar-refractivity contribution in [3.63, 3.8) is 0 Å². The fourth-order valence-electron chi connectivity index (χ4n) is 2.40. The Morgan fingerprint density at radius 1 is 1.09 bits per heavy atom. The molecule has 1 N–H and O–H groups in total. The molecule has 0 amide bonds. The first-order valence-corrected chi connectivity index (χ1v) is 7.83. The first-order chi connectivity index (χ1) is 10.5. The van der Waals surface area contributed by atoms with E-state index in [9.17, 15) is 0 Å². The lowest BCUT2D eigenvalue weighted by Gasteiger charge is -2.13. The molecule has 1 unspecified atom stereocenters. The maximum Gasteiger partial charge on any atom is 0.0297 e. The molecular weight excluding hydrogens is 266 g/mol. The third-order valence-electron chi connectivity index (χ3n) is 3.55. The highest BCUT2D eigenvalue weighted by Gasteiger charge is 2.06. The van der Waals surface area contributed by atoms with E-state index < -0.39 is 0 Å². The minimum Gasteiger partial charge on any atom is -0.313 e. The molecule has 114 valence electrons. The predicted octanol–water partition coefficient (Wildman–Crippen LogP) is 4.58. The van der Waals surface area contributed by atoms with Crippen molar-refractivity contribution < 1.29 is 0 Å². The first kappa shape index (κ1) is 16.3. The second kappa shape index (κ2) is 7.29. The third-order valence-corrected chi connectivity index (χ3v) is 3.55. The van der Waals surface area contributed by atoms with Gasteiger partial charge in [-0.25, -0.2) is 0 Å². The molecule has 0 aliphatic heterocycles. The largest absolute Gasteiger partial charge is 0.313 e. The minimum atomic E-state index is 0.0507. The van der Waals surface area contributed by atoms with Crippen LogP contribution in [0.1, 0.15) is 26.3 Å². The fraction of sp³-hybridized carbons (Fsp3) is 0.333. The van der Waals surface area contributed by atoms with Crippen molar-refractivity contribution >= 4 is 10.8 Å². The summed E-state index contributed by atoms with van der Waals surface area (Å²) in [5, 5.41) is 5.99. The Hall–Kier alpha value is -2.04. The maximum atomic E-state index is 3.36. The van der Waals surface area contributed by atoms with Crippen molar-refractivity contribution in [3.05, 3.63) is 60.2 Å². The molecular formula is C21H25N. The van der Waals surface area contributed by atoms with Crippen LogP contribution in [0.5, 0.6) is 0 Å². The van der Waals surface area contributed by atoms with Crippen LogP contribution in [0.25, 0.3) is 10.8 Å². The Labute approximate surface area is 134 Å². The number of likely N-dealkylation sites (N-methyl/N-ethyl adjacent to an activating group) is 1. The molecule has 1 atom stereocenters. The van der Waals surface area contributed by atoms with E-state index in [0.29, 0.717) is 6.04 Å². The number of hydrogen-bond acceptors (Lipinski definition) is 1. The van der Waals surface area contributed by atoms with Gasteiger partial charge in [0.05, 0.1) is 0 Å². The zero-order chi connectivity index (χ0) is 16.0. The Morgan fingerprint density at radius 3 is 2.55 bits per heavy atom. The van der Waals surface area contributed by atoms with E-state index >= 15 is 0 Å². The van der Waals surface area contributed by atoms with Crippen molar-refractivity contribution in [2.24, 2.45) is 5.41 Å². The standard InChI is InChI=1S/C21H25N/c1-21(2,3)15-8-7-13-19(22-4)16-18-12-9-11-17-10-5-6-14-20(17)18/h5-7,9-14,19,22H,16H2,1-4H3. The summed E-state index contributed by atoms with van der Waals surface area (Å²) in [6, 6.07) is 15.3. The molecule has 2 rings (SSSR count). The predicted molar refractivity (Wildman–Crippen MR) is 96.9 cm³/mol. The number of hydrogen-bond donors (Lipinski definition) is 1. The summed E-state index contributed by atoms with van der Waals surface area (Å²) in [6.07, 6.45) is 5.09. The lowest BCUT2D eigenvalue weighted by molar-refractivity contribution is 0.571. The molecule has 2 aromatic carbocycles. The number of benzene rings is 2. The Balaban J connectivity index is 2.15. The van der Waals surface area contributed by atoms with Gasteiger partial charge < -0.3 is 5.32 Å². The van der Waals surface area contributed by atoms with E-state index in [1.807, 2.05) is 13.1 Å². The van der Waals surface area contributed by atoms with Gasteiger partial charge in [-0.2, -0.15) is 0 Å². The number of rotatable bonds is 4. The van der Waals surface area contributed by atoms with E-state index in [4.69, 9.17) is 0 Å². The molecule has 0 saturated carbocycles. The molecule has 22 heavy (non-hydrogen) atoms. The summed E-state index contributed by atoms with van der Waals surface area (Å²) in [4.78, 5) is 0. The molecule has 0 saturated heterocycles. The molecule has 0 aliphatic rings. The van der Waals surface area contributed by atoms with Crippen LogP contribution < -0.4 is 5.32 Å². The van der Waals surface area contributed by atoms with Gasteiger partial charge >= 0.3 is 0 Å². The normalized spacial score (nSPS) is 13.1. The van der Waals surface area contributed by atoms with E-state index in [2.05, 4.69) is 86.5 Å². The van der Waals surface area contributed by atoms with Crippen molar-refractivity contribution in [1.82, 2.24) is 5.32 Å². The average molecular weight is 291 g/mol. The van der Waals surface area contributed by atoms with Crippen molar-refractivity contribution in [2.45, 2.75) is 33.2 Å². The molecule has 1 heteroatoms. The Bertz CT molecular complexity index is 702. The molecule has 0 fully saturated rings. The highest BCUT2D eigenvalue weighted by atomic mass is 14.9. The van der Waals surface area contributed by atoms with E-state index in [-0.39, 0.29) is 5.41 Å². The summed E-state index contributed by atoms with van der Waals surface area (Å²) in [5.74, 6) is 6.37. The number of nitrogens with one attached hydrogen (secondary N) is 1. The quantitative estimate of drug-likeness (QED) is 0.813. The SMILES string of the molecule is CNC(C=CC#CC(C)(C)C)Cc1cccc2ccccc12. The fourth-order valence-corrected chi connectivity index (χ4v) is 2.40. The zero-order valence-corrected chi connectivity index (χ0v) is 14.0. The van der Waals surface area contributed by atoms with Crippen LogP contribution in [-0.4, -0.2) is 13.1 Å². The smallest absolute Gasteiger partial charge is 0.0297 e. The first-order valence-electron chi connectivity index (χ1n) is 7.83. The van der Waals surface area contributed by atoms with Gasteiger partial charge in [0.15, 0.2) is 0 Å². The van der Waals surface area contributed by atoms with E-state index in [0.717, 1.165) is 6.42 Å². The molecule has 0 aromatic heterocycles. The monoisotopic (exact) mass is 291 g/mol. The lowest BCUT2D eigenvalue weighted by Crippen LogP contribution is -2.25. The van der Waals surface area contributed by atoms with Gasteiger partial charge in [0.25, 0.3) is 0 Å². The van der Waals surface area contributed by atoms with Gasteiger partial charge in [-0.1, -0.05) is 60.4 Å². The molecule has 1 nitrogen and oxygen atoms in total. The van der Waals surface area contributed by atoms with Gasteiger partial charge in [-0.15, -0.1) is 0 Å². The summed E-state index contributed by atoms with van der Waals surface area (Å²) in [6.45, 7) is 6.37.